The van der Waals surface area contributed by atoms with Gasteiger partial charge in [-0.25, -0.2) is 4.98 Å². The lowest BCUT2D eigenvalue weighted by molar-refractivity contribution is 0.103. The Morgan fingerprint density at radius 1 is 1.28 bits per heavy atom. The third-order valence-electron chi connectivity index (χ3n) is 4.82. The SMILES string of the molecule is Cc1c(C(=O)Nc2ccccc2SC(=O)N(C)C)sc2nc3n(c(=O)c12)CCC3. The zero-order valence-corrected chi connectivity index (χ0v) is 17.9. The fraction of sp³-hybridized carbons (Fsp3) is 0.300. The van der Waals surface area contributed by atoms with Gasteiger partial charge in [-0.05, 0) is 42.8 Å². The molecule has 0 saturated carbocycles. The van der Waals surface area contributed by atoms with Gasteiger partial charge in [-0.2, -0.15) is 0 Å². The molecule has 4 rings (SSSR count). The molecule has 0 radical (unpaired) electrons. The lowest BCUT2D eigenvalue weighted by Gasteiger charge is -2.13. The summed E-state index contributed by atoms with van der Waals surface area (Å²) in [5, 5.41) is 3.29. The number of para-hydroxylation sites is 1. The lowest BCUT2D eigenvalue weighted by atomic mass is 10.2. The first-order valence-electron chi connectivity index (χ1n) is 9.19. The zero-order valence-electron chi connectivity index (χ0n) is 16.3. The summed E-state index contributed by atoms with van der Waals surface area (Å²) >= 11 is 2.29. The fourth-order valence-electron chi connectivity index (χ4n) is 3.32. The number of rotatable bonds is 3. The van der Waals surface area contributed by atoms with E-state index in [1.165, 1.54) is 16.2 Å². The van der Waals surface area contributed by atoms with E-state index in [0.717, 1.165) is 30.4 Å². The van der Waals surface area contributed by atoms with Crippen molar-refractivity contribution in [2.24, 2.45) is 0 Å². The smallest absolute Gasteiger partial charge is 0.286 e. The van der Waals surface area contributed by atoms with Crippen molar-refractivity contribution in [3.8, 4) is 0 Å². The Hall–Kier alpha value is -2.65. The highest BCUT2D eigenvalue weighted by Gasteiger charge is 2.24. The van der Waals surface area contributed by atoms with Gasteiger partial charge in [-0.1, -0.05) is 12.1 Å². The first-order chi connectivity index (χ1) is 13.9. The number of nitrogens with zero attached hydrogens (tertiary/aromatic N) is 3. The van der Waals surface area contributed by atoms with E-state index in [1.54, 1.807) is 43.8 Å². The highest BCUT2D eigenvalue weighted by molar-refractivity contribution is 8.13. The Morgan fingerprint density at radius 3 is 2.79 bits per heavy atom. The minimum atomic E-state index is -0.305. The molecule has 9 heteroatoms. The van der Waals surface area contributed by atoms with Crippen molar-refractivity contribution in [3.05, 3.63) is 50.9 Å². The van der Waals surface area contributed by atoms with Crippen molar-refractivity contribution in [1.82, 2.24) is 14.5 Å². The molecule has 0 unspecified atom stereocenters. The Kier molecular flexibility index (Phi) is 5.18. The summed E-state index contributed by atoms with van der Waals surface area (Å²) in [6.07, 6.45) is 1.71. The van der Waals surface area contributed by atoms with Crippen LogP contribution in [-0.2, 0) is 13.0 Å². The molecule has 29 heavy (non-hydrogen) atoms. The van der Waals surface area contributed by atoms with Crippen LogP contribution in [0.2, 0.25) is 0 Å². The number of thiophene rings is 1. The topological polar surface area (TPSA) is 84.3 Å². The van der Waals surface area contributed by atoms with Crippen LogP contribution >= 0.6 is 23.1 Å². The van der Waals surface area contributed by atoms with Crippen molar-refractivity contribution >= 4 is 50.1 Å². The van der Waals surface area contributed by atoms with Crippen LogP contribution in [0.3, 0.4) is 0 Å². The van der Waals surface area contributed by atoms with Crippen LogP contribution in [0, 0.1) is 6.92 Å². The van der Waals surface area contributed by atoms with Crippen molar-refractivity contribution in [3.63, 3.8) is 0 Å². The average Bonchev–Trinajstić information content (AvgIpc) is 3.28. The summed E-state index contributed by atoms with van der Waals surface area (Å²) in [6, 6.07) is 7.17. The third kappa shape index (κ3) is 3.56. The number of carbonyl (C=O) groups excluding carboxylic acids is 2. The molecule has 0 saturated heterocycles. The second-order valence-electron chi connectivity index (χ2n) is 7.04. The molecule has 7 nitrogen and oxygen atoms in total. The van der Waals surface area contributed by atoms with Crippen LogP contribution in [-0.4, -0.2) is 39.7 Å². The van der Waals surface area contributed by atoms with Crippen LogP contribution in [0.15, 0.2) is 34.0 Å². The first-order valence-corrected chi connectivity index (χ1v) is 10.8. The van der Waals surface area contributed by atoms with Crippen molar-refractivity contribution < 1.29 is 9.59 Å². The predicted octanol–water partition coefficient (Wildman–Crippen LogP) is 3.74. The Bertz CT molecular complexity index is 1200. The van der Waals surface area contributed by atoms with Crippen molar-refractivity contribution in [2.45, 2.75) is 31.2 Å². The number of amides is 2. The summed E-state index contributed by atoms with van der Waals surface area (Å²) < 4.78 is 1.71. The molecule has 3 heterocycles. The highest BCUT2D eigenvalue weighted by Crippen LogP contribution is 2.32. The number of aryl methyl sites for hydroxylation is 2. The number of nitrogens with one attached hydrogen (secondary N) is 1. The first kappa shape index (κ1) is 19.7. The van der Waals surface area contributed by atoms with Gasteiger partial charge < -0.3 is 10.2 Å². The largest absolute Gasteiger partial charge is 0.339 e. The van der Waals surface area contributed by atoms with Crippen LogP contribution in [0.1, 0.15) is 27.5 Å². The minimum Gasteiger partial charge on any atom is -0.339 e. The van der Waals surface area contributed by atoms with Gasteiger partial charge >= 0.3 is 0 Å². The van der Waals surface area contributed by atoms with E-state index in [9.17, 15) is 14.4 Å². The molecule has 0 atom stereocenters. The number of hydrogen-bond acceptors (Lipinski definition) is 6. The Labute approximate surface area is 175 Å². The molecular formula is C20H20N4O3S2. The molecule has 150 valence electrons. The molecule has 0 aliphatic carbocycles. The lowest BCUT2D eigenvalue weighted by Crippen LogP contribution is -2.21. The monoisotopic (exact) mass is 428 g/mol. The summed E-state index contributed by atoms with van der Waals surface area (Å²) in [5.74, 6) is 0.486. The van der Waals surface area contributed by atoms with Gasteiger partial charge in [-0.3, -0.25) is 19.0 Å². The second kappa shape index (κ2) is 7.64. The van der Waals surface area contributed by atoms with Gasteiger partial charge in [0.2, 0.25) is 0 Å². The quantitative estimate of drug-likeness (QED) is 0.643. The standard InChI is InChI=1S/C20H20N4O3S2/c1-11-15-18(22-14-9-6-10-24(14)19(15)26)29-16(11)17(25)21-12-7-4-5-8-13(12)28-20(27)23(2)3/h4-5,7-8H,6,9-10H2,1-3H3,(H,21,25). The summed E-state index contributed by atoms with van der Waals surface area (Å²) in [4.78, 5) is 45.7. The molecule has 2 amide bonds. The maximum absolute atomic E-state index is 13.0. The molecule has 0 fully saturated rings. The summed E-state index contributed by atoms with van der Waals surface area (Å²) in [5.41, 5.74) is 1.14. The second-order valence-corrected chi connectivity index (χ2v) is 9.03. The van der Waals surface area contributed by atoms with E-state index in [2.05, 4.69) is 10.3 Å². The maximum atomic E-state index is 13.0. The van der Waals surface area contributed by atoms with Gasteiger partial charge in [0.25, 0.3) is 16.7 Å². The molecule has 0 spiro atoms. The van der Waals surface area contributed by atoms with Crippen LogP contribution in [0.4, 0.5) is 10.5 Å². The number of carbonyl (C=O) groups is 2. The van der Waals surface area contributed by atoms with E-state index >= 15 is 0 Å². The summed E-state index contributed by atoms with van der Waals surface area (Å²) in [6.45, 7) is 2.47. The van der Waals surface area contributed by atoms with Gasteiger partial charge in [-0.15, -0.1) is 11.3 Å². The van der Waals surface area contributed by atoms with E-state index in [1.807, 2.05) is 6.07 Å². The van der Waals surface area contributed by atoms with E-state index < -0.39 is 0 Å². The summed E-state index contributed by atoms with van der Waals surface area (Å²) in [7, 11) is 3.36. The zero-order chi connectivity index (χ0) is 20.7. The highest BCUT2D eigenvalue weighted by atomic mass is 32.2. The Morgan fingerprint density at radius 2 is 2.03 bits per heavy atom. The molecule has 2 aromatic heterocycles. The Balaban J connectivity index is 1.68. The number of fused-ring (bicyclic) bond motifs is 2. The number of aromatic nitrogens is 2. The average molecular weight is 429 g/mol. The van der Waals surface area contributed by atoms with E-state index in [0.29, 0.717) is 37.8 Å². The third-order valence-corrected chi connectivity index (χ3v) is 7.12. The molecule has 1 aliphatic heterocycles. The molecule has 0 bridgehead atoms. The fourth-order valence-corrected chi connectivity index (χ4v) is 5.15. The van der Waals surface area contributed by atoms with E-state index in [4.69, 9.17) is 0 Å². The normalized spacial score (nSPS) is 12.8. The number of thioether (sulfide) groups is 1. The molecule has 1 aromatic carbocycles. The minimum absolute atomic E-state index is 0.0668. The van der Waals surface area contributed by atoms with Crippen molar-refractivity contribution in [2.75, 3.05) is 19.4 Å². The van der Waals surface area contributed by atoms with Gasteiger partial charge in [0.05, 0.1) is 16.0 Å². The molecular weight excluding hydrogens is 408 g/mol. The predicted molar refractivity (Wildman–Crippen MR) is 116 cm³/mol. The molecule has 3 aromatic rings. The van der Waals surface area contributed by atoms with Crippen LogP contribution in [0.25, 0.3) is 10.2 Å². The van der Waals surface area contributed by atoms with Crippen molar-refractivity contribution in [1.29, 1.82) is 0 Å². The number of anilines is 1. The maximum Gasteiger partial charge on any atom is 0.286 e. The molecule has 1 N–H and O–H groups in total. The van der Waals surface area contributed by atoms with Gasteiger partial charge in [0.15, 0.2) is 0 Å². The molecule has 1 aliphatic rings. The number of benzene rings is 1. The van der Waals surface area contributed by atoms with Gasteiger partial charge in [0.1, 0.15) is 10.7 Å². The van der Waals surface area contributed by atoms with Crippen LogP contribution in [0.5, 0.6) is 0 Å². The van der Waals surface area contributed by atoms with E-state index in [-0.39, 0.29) is 16.7 Å². The van der Waals surface area contributed by atoms with Crippen LogP contribution < -0.4 is 10.9 Å². The number of hydrogen-bond donors (Lipinski definition) is 1. The van der Waals surface area contributed by atoms with Gasteiger partial charge in [0, 0.05) is 32.0 Å².